The van der Waals surface area contributed by atoms with E-state index in [1.807, 2.05) is 25.5 Å². The summed E-state index contributed by atoms with van der Waals surface area (Å²) in [5.41, 5.74) is 4.61. The van der Waals surface area contributed by atoms with Gasteiger partial charge < -0.3 is 0 Å². The van der Waals surface area contributed by atoms with Gasteiger partial charge in [-0.1, -0.05) is 58.4 Å². The molecule has 122 valence electrons. The highest BCUT2D eigenvalue weighted by Crippen LogP contribution is 2.21. The van der Waals surface area contributed by atoms with Crippen LogP contribution in [-0.4, -0.2) is 30.4 Å². The molecule has 1 unspecified atom stereocenters. The Bertz CT molecular complexity index is 639. The van der Waals surface area contributed by atoms with Gasteiger partial charge in [-0.25, -0.2) is 0 Å². The van der Waals surface area contributed by atoms with E-state index >= 15 is 0 Å². The molecule has 0 spiro atoms. The largest absolute Gasteiger partial charge is 0.299 e. The lowest BCUT2D eigenvalue weighted by molar-refractivity contribution is 0.404. The van der Waals surface area contributed by atoms with Gasteiger partial charge in [0.25, 0.3) is 5.99 Å². The third-order valence-electron chi connectivity index (χ3n) is 4.06. The molecule has 2 aromatic carbocycles. The maximum absolute atomic E-state index is 6.36. The van der Waals surface area contributed by atoms with E-state index in [4.69, 9.17) is 23.2 Å². The van der Waals surface area contributed by atoms with Gasteiger partial charge >= 0.3 is 0 Å². The van der Waals surface area contributed by atoms with Gasteiger partial charge in [0, 0.05) is 15.4 Å². The van der Waals surface area contributed by atoms with Crippen LogP contribution in [0.4, 0.5) is 0 Å². The Hall–Kier alpha value is -0.605. The fourth-order valence-electron chi connectivity index (χ4n) is 2.21. The van der Waals surface area contributed by atoms with E-state index in [1.54, 1.807) is 0 Å². The van der Waals surface area contributed by atoms with Crippen molar-refractivity contribution in [3.05, 3.63) is 57.6 Å². The molecule has 0 N–H and O–H groups in total. The Balaban J connectivity index is 2.45. The SMILES string of the molecule is Cc1ccc(B(SC(C)N(C)C)c2ccc(C)c(Cl)c2)cc1Cl. The zero-order chi connectivity index (χ0) is 17.1. The van der Waals surface area contributed by atoms with Crippen molar-refractivity contribution in [1.29, 1.82) is 0 Å². The van der Waals surface area contributed by atoms with Crippen LogP contribution in [0.5, 0.6) is 0 Å². The van der Waals surface area contributed by atoms with Crippen LogP contribution < -0.4 is 10.9 Å². The number of hydrogen-bond acceptors (Lipinski definition) is 2. The standard InChI is InChI=1S/C18H22BCl2NS/c1-12-6-8-15(10-17(12)20)19(23-14(3)22(4)5)16-9-7-13(2)18(21)11-16/h6-11,14H,1-5H3. The molecule has 0 saturated carbocycles. The molecular weight excluding hydrogens is 344 g/mol. The summed E-state index contributed by atoms with van der Waals surface area (Å²) in [7, 11) is 4.19. The molecule has 0 aliphatic rings. The van der Waals surface area contributed by atoms with E-state index < -0.39 is 0 Å². The molecule has 2 rings (SSSR count). The predicted octanol–water partition coefficient (Wildman–Crippen LogP) is 4.36. The Kier molecular flexibility index (Phi) is 6.50. The summed E-state index contributed by atoms with van der Waals surface area (Å²) < 4.78 is 0. The van der Waals surface area contributed by atoms with Crippen molar-refractivity contribution in [2.75, 3.05) is 14.1 Å². The predicted molar refractivity (Wildman–Crippen MR) is 108 cm³/mol. The van der Waals surface area contributed by atoms with E-state index in [0.29, 0.717) is 5.37 Å². The van der Waals surface area contributed by atoms with E-state index in [9.17, 15) is 0 Å². The first-order valence-electron chi connectivity index (χ1n) is 7.63. The smallest absolute Gasteiger partial charge is 0.276 e. The molecule has 23 heavy (non-hydrogen) atoms. The van der Waals surface area contributed by atoms with Gasteiger partial charge in [0.1, 0.15) is 0 Å². The molecule has 0 saturated heterocycles. The topological polar surface area (TPSA) is 3.24 Å². The van der Waals surface area contributed by atoms with E-state index in [0.717, 1.165) is 21.2 Å². The average Bonchev–Trinajstić information content (AvgIpc) is 2.50. The van der Waals surface area contributed by atoms with Crippen LogP contribution in [0.1, 0.15) is 18.1 Å². The number of aryl methyl sites for hydroxylation is 2. The van der Waals surface area contributed by atoms with Gasteiger partial charge in [0.05, 0.1) is 0 Å². The molecule has 2 aromatic rings. The first kappa shape index (κ1) is 18.7. The fraction of sp³-hybridized carbons (Fsp3) is 0.333. The zero-order valence-corrected chi connectivity index (χ0v) is 16.6. The second-order valence-electron chi connectivity index (χ2n) is 6.10. The summed E-state index contributed by atoms with van der Waals surface area (Å²) >= 11 is 14.6. The highest BCUT2D eigenvalue weighted by Gasteiger charge is 2.24. The molecule has 0 aromatic heterocycles. The second-order valence-corrected chi connectivity index (χ2v) is 8.34. The van der Waals surface area contributed by atoms with Gasteiger partial charge in [0.15, 0.2) is 0 Å². The third-order valence-corrected chi connectivity index (χ3v) is 6.50. The van der Waals surface area contributed by atoms with Crippen molar-refractivity contribution in [1.82, 2.24) is 4.90 Å². The van der Waals surface area contributed by atoms with Crippen molar-refractivity contribution >= 4 is 51.7 Å². The Labute approximate surface area is 154 Å². The van der Waals surface area contributed by atoms with Crippen LogP contribution in [0.2, 0.25) is 10.0 Å². The normalized spacial score (nSPS) is 12.5. The van der Waals surface area contributed by atoms with Crippen LogP contribution >= 0.6 is 34.8 Å². The average molecular weight is 366 g/mol. The summed E-state index contributed by atoms with van der Waals surface area (Å²) in [6.45, 7) is 6.27. The van der Waals surface area contributed by atoms with Gasteiger partial charge in [-0.15, -0.1) is 0 Å². The van der Waals surface area contributed by atoms with E-state index in [-0.39, 0.29) is 5.99 Å². The molecule has 0 aliphatic carbocycles. The van der Waals surface area contributed by atoms with Crippen LogP contribution in [0.25, 0.3) is 0 Å². The van der Waals surface area contributed by atoms with Crippen LogP contribution in [-0.2, 0) is 0 Å². The minimum Gasteiger partial charge on any atom is -0.299 e. The van der Waals surface area contributed by atoms with E-state index in [2.05, 4.69) is 62.3 Å². The highest BCUT2D eigenvalue weighted by atomic mass is 35.5. The molecule has 0 radical (unpaired) electrons. The number of nitrogens with zero attached hydrogens (tertiary/aromatic N) is 1. The number of rotatable bonds is 5. The summed E-state index contributed by atoms with van der Waals surface area (Å²) in [5, 5.41) is 1.99. The third kappa shape index (κ3) is 4.70. The number of halogens is 2. The first-order chi connectivity index (χ1) is 10.8. The maximum Gasteiger partial charge on any atom is 0.276 e. The van der Waals surface area contributed by atoms with Gasteiger partial charge in [-0.05, 0) is 58.1 Å². The van der Waals surface area contributed by atoms with Gasteiger partial charge in [0.2, 0.25) is 0 Å². The van der Waals surface area contributed by atoms with Crippen molar-refractivity contribution in [2.45, 2.75) is 26.1 Å². The molecular formula is C18H22BCl2NS. The molecule has 5 heteroatoms. The minimum absolute atomic E-state index is 0.198. The first-order valence-corrected chi connectivity index (χ1v) is 9.33. The number of benzene rings is 2. The lowest BCUT2D eigenvalue weighted by Crippen LogP contribution is -2.42. The minimum atomic E-state index is 0.198. The molecule has 0 heterocycles. The fourth-order valence-corrected chi connectivity index (χ4v) is 3.84. The second kappa shape index (κ2) is 7.98. The molecule has 0 amide bonds. The molecule has 1 atom stereocenters. The summed E-state index contributed by atoms with van der Waals surface area (Å²) in [6, 6.07) is 12.6. The zero-order valence-electron chi connectivity index (χ0n) is 14.2. The molecule has 1 nitrogen and oxygen atoms in total. The summed E-state index contributed by atoms with van der Waals surface area (Å²) in [4.78, 5) is 2.21. The van der Waals surface area contributed by atoms with Crippen molar-refractivity contribution in [3.63, 3.8) is 0 Å². The van der Waals surface area contributed by atoms with Crippen LogP contribution in [0, 0.1) is 13.8 Å². The van der Waals surface area contributed by atoms with Crippen molar-refractivity contribution in [2.24, 2.45) is 0 Å². The Morgan fingerprint density at radius 3 is 1.70 bits per heavy atom. The summed E-state index contributed by atoms with van der Waals surface area (Å²) in [6.07, 6.45) is 0. The van der Waals surface area contributed by atoms with Crippen molar-refractivity contribution in [3.8, 4) is 0 Å². The Morgan fingerprint density at radius 2 is 1.35 bits per heavy atom. The quantitative estimate of drug-likeness (QED) is 0.572. The molecule has 0 fully saturated rings. The highest BCUT2D eigenvalue weighted by molar-refractivity contribution is 8.28. The maximum atomic E-state index is 6.36. The molecule has 0 aliphatic heterocycles. The van der Waals surface area contributed by atoms with Crippen LogP contribution in [0.3, 0.4) is 0 Å². The number of hydrogen-bond donors (Lipinski definition) is 0. The van der Waals surface area contributed by atoms with Gasteiger partial charge in [-0.3, -0.25) is 4.90 Å². The van der Waals surface area contributed by atoms with Crippen molar-refractivity contribution < 1.29 is 0 Å². The Morgan fingerprint density at radius 1 is 0.913 bits per heavy atom. The lowest BCUT2D eigenvalue weighted by atomic mass is 9.61. The van der Waals surface area contributed by atoms with Gasteiger partial charge in [-0.2, -0.15) is 11.6 Å². The van der Waals surface area contributed by atoms with Crippen LogP contribution in [0.15, 0.2) is 36.4 Å². The molecule has 0 bridgehead atoms. The van der Waals surface area contributed by atoms with E-state index in [1.165, 1.54) is 10.9 Å². The monoisotopic (exact) mass is 365 g/mol. The lowest BCUT2D eigenvalue weighted by Gasteiger charge is -2.24. The summed E-state index contributed by atoms with van der Waals surface area (Å²) in [5.74, 6) is 0.198.